The first-order valence-corrected chi connectivity index (χ1v) is 9.27. The highest BCUT2D eigenvalue weighted by molar-refractivity contribution is 14.0. The van der Waals surface area contributed by atoms with E-state index in [4.69, 9.17) is 0 Å². The average Bonchev–Trinajstić information content (AvgIpc) is 2.63. The van der Waals surface area contributed by atoms with Crippen LogP contribution < -0.4 is 10.6 Å². The zero-order chi connectivity index (χ0) is 19.6. The normalized spacial score (nSPS) is 10.8. The van der Waals surface area contributed by atoms with Gasteiger partial charge in [0, 0.05) is 20.6 Å². The molecule has 0 fully saturated rings. The molecular weight excluding hydrogens is 463 g/mol. The predicted octanol–water partition coefficient (Wildman–Crippen LogP) is 3.29. The number of nitrogens with one attached hydrogen (secondary N) is 2. The summed E-state index contributed by atoms with van der Waals surface area (Å²) in [5, 5.41) is 6.47. The summed E-state index contributed by atoms with van der Waals surface area (Å²) < 4.78 is 0. The van der Waals surface area contributed by atoms with Crippen molar-refractivity contribution in [1.29, 1.82) is 0 Å². The van der Waals surface area contributed by atoms with E-state index in [0.29, 0.717) is 12.5 Å². The summed E-state index contributed by atoms with van der Waals surface area (Å²) in [6, 6.07) is 16.7. The Labute approximate surface area is 185 Å². The third-order valence-corrected chi connectivity index (χ3v) is 4.16. The fourth-order valence-corrected chi connectivity index (χ4v) is 2.78. The van der Waals surface area contributed by atoms with Gasteiger partial charge in [0.25, 0.3) is 0 Å². The van der Waals surface area contributed by atoms with Crippen LogP contribution in [-0.4, -0.2) is 44.0 Å². The average molecular weight is 494 g/mol. The van der Waals surface area contributed by atoms with Gasteiger partial charge in [-0.3, -0.25) is 4.79 Å². The van der Waals surface area contributed by atoms with Crippen molar-refractivity contribution in [2.45, 2.75) is 26.8 Å². The topological polar surface area (TPSA) is 56.7 Å². The summed E-state index contributed by atoms with van der Waals surface area (Å²) in [6.07, 6.45) is 0.899. The van der Waals surface area contributed by atoms with Crippen LogP contribution >= 0.6 is 24.0 Å². The van der Waals surface area contributed by atoms with Crippen LogP contribution in [0.3, 0.4) is 0 Å². The maximum absolute atomic E-state index is 11.9. The number of carbonyl (C=O) groups is 1. The first-order valence-electron chi connectivity index (χ1n) is 9.27. The van der Waals surface area contributed by atoms with E-state index in [9.17, 15) is 4.79 Å². The van der Waals surface area contributed by atoms with Crippen LogP contribution in [0.15, 0.2) is 53.5 Å². The minimum absolute atomic E-state index is 0. The molecule has 0 saturated carbocycles. The van der Waals surface area contributed by atoms with Gasteiger partial charge in [0.1, 0.15) is 0 Å². The van der Waals surface area contributed by atoms with Gasteiger partial charge in [0.15, 0.2) is 5.96 Å². The number of nitrogens with zero attached hydrogens (tertiary/aromatic N) is 2. The number of hydrogen-bond acceptors (Lipinski definition) is 2. The van der Waals surface area contributed by atoms with E-state index in [1.165, 1.54) is 16.7 Å². The van der Waals surface area contributed by atoms with Crippen LogP contribution in [0.5, 0.6) is 0 Å². The lowest BCUT2D eigenvalue weighted by atomic mass is 10.1. The van der Waals surface area contributed by atoms with Crippen LogP contribution in [0.25, 0.3) is 0 Å². The van der Waals surface area contributed by atoms with E-state index in [0.717, 1.165) is 18.5 Å². The number of rotatable bonds is 7. The molecule has 6 heteroatoms. The highest BCUT2D eigenvalue weighted by atomic mass is 127. The number of aryl methyl sites for hydroxylation is 2. The van der Waals surface area contributed by atoms with Crippen molar-refractivity contribution >= 4 is 35.8 Å². The summed E-state index contributed by atoms with van der Waals surface area (Å²) in [7, 11) is 3.50. The molecule has 2 N–H and O–H groups in total. The van der Waals surface area contributed by atoms with Gasteiger partial charge in [0.2, 0.25) is 5.91 Å². The second kappa shape index (κ2) is 12.4. The molecule has 0 aliphatic rings. The molecule has 0 radical (unpaired) electrons. The molecule has 0 heterocycles. The van der Waals surface area contributed by atoms with E-state index < -0.39 is 0 Å². The van der Waals surface area contributed by atoms with E-state index in [-0.39, 0.29) is 36.4 Å². The monoisotopic (exact) mass is 494 g/mol. The van der Waals surface area contributed by atoms with Gasteiger partial charge in [0.05, 0.1) is 13.1 Å². The molecule has 0 saturated heterocycles. The van der Waals surface area contributed by atoms with Crippen LogP contribution in [0.4, 0.5) is 0 Å². The molecule has 2 aromatic rings. The van der Waals surface area contributed by atoms with Crippen molar-refractivity contribution < 1.29 is 4.79 Å². The Hall–Kier alpha value is -2.09. The Kier molecular flexibility index (Phi) is 10.6. The number of benzene rings is 2. The molecule has 0 aliphatic carbocycles. The van der Waals surface area contributed by atoms with Crippen molar-refractivity contribution in [3.05, 3.63) is 70.8 Å². The van der Waals surface area contributed by atoms with Crippen molar-refractivity contribution in [3.8, 4) is 0 Å². The molecule has 0 aromatic heterocycles. The summed E-state index contributed by atoms with van der Waals surface area (Å²) in [4.78, 5) is 18.1. The molecule has 1 amide bonds. The van der Waals surface area contributed by atoms with Gasteiger partial charge >= 0.3 is 0 Å². The molecule has 0 atom stereocenters. The lowest BCUT2D eigenvalue weighted by molar-refractivity contribution is -0.127. The van der Waals surface area contributed by atoms with Crippen LogP contribution in [-0.2, 0) is 17.8 Å². The Morgan fingerprint density at radius 1 is 0.964 bits per heavy atom. The lowest BCUT2D eigenvalue weighted by Crippen LogP contribution is -2.43. The molecule has 2 aromatic carbocycles. The number of likely N-dealkylation sites (N-methyl/N-ethyl adjacent to an activating group) is 1. The lowest BCUT2D eigenvalue weighted by Gasteiger charge is -2.15. The summed E-state index contributed by atoms with van der Waals surface area (Å²) in [5.41, 5.74) is 4.98. The third kappa shape index (κ3) is 8.73. The zero-order valence-electron chi connectivity index (χ0n) is 17.2. The van der Waals surface area contributed by atoms with E-state index in [1.54, 1.807) is 19.0 Å². The van der Waals surface area contributed by atoms with Gasteiger partial charge < -0.3 is 15.5 Å². The summed E-state index contributed by atoms with van der Waals surface area (Å²) >= 11 is 0. The highest BCUT2D eigenvalue weighted by Gasteiger charge is 2.06. The first kappa shape index (κ1) is 23.9. The van der Waals surface area contributed by atoms with Crippen LogP contribution in [0, 0.1) is 13.8 Å². The van der Waals surface area contributed by atoms with Gasteiger partial charge in [-0.1, -0.05) is 59.7 Å². The Morgan fingerprint density at radius 2 is 1.61 bits per heavy atom. The summed E-state index contributed by atoms with van der Waals surface area (Å²) in [5.74, 6) is 0.664. The fourth-order valence-electron chi connectivity index (χ4n) is 2.78. The van der Waals surface area contributed by atoms with Gasteiger partial charge in [-0.15, -0.1) is 24.0 Å². The van der Waals surface area contributed by atoms with E-state index in [1.807, 2.05) is 30.3 Å². The molecular formula is C22H31IN4O. The zero-order valence-corrected chi connectivity index (χ0v) is 19.5. The number of guanidine groups is 1. The second-order valence-corrected chi connectivity index (χ2v) is 6.96. The number of hydrogen-bond donors (Lipinski definition) is 2. The number of carbonyl (C=O) groups excluding carboxylic acids is 1. The number of aliphatic imine (C=N–C) groups is 1. The molecule has 2 rings (SSSR count). The maximum Gasteiger partial charge on any atom is 0.241 e. The second-order valence-electron chi connectivity index (χ2n) is 6.96. The first-order chi connectivity index (χ1) is 12.9. The van der Waals surface area contributed by atoms with Crippen molar-refractivity contribution in [2.24, 2.45) is 4.99 Å². The van der Waals surface area contributed by atoms with Gasteiger partial charge in [-0.2, -0.15) is 0 Å². The number of amides is 1. The minimum Gasteiger partial charge on any atom is -0.356 e. The smallest absolute Gasteiger partial charge is 0.241 e. The molecule has 0 aliphatic heterocycles. The molecule has 28 heavy (non-hydrogen) atoms. The Morgan fingerprint density at radius 3 is 2.21 bits per heavy atom. The quantitative estimate of drug-likeness (QED) is 0.353. The number of halogens is 1. The standard InChI is InChI=1S/C22H30N4O.HI/c1-17-12-18(2)14-20(13-17)10-11-23-22(25-16-21(27)26(3)4)24-15-19-8-6-5-7-9-19;/h5-9,12-14H,10-11,15-16H2,1-4H3,(H2,23,24,25);1H. The van der Waals surface area contributed by atoms with Crippen LogP contribution in [0.2, 0.25) is 0 Å². The van der Waals surface area contributed by atoms with Crippen molar-refractivity contribution in [1.82, 2.24) is 15.5 Å². The van der Waals surface area contributed by atoms with E-state index >= 15 is 0 Å². The Bertz CT molecular complexity index is 755. The largest absolute Gasteiger partial charge is 0.356 e. The molecule has 152 valence electrons. The maximum atomic E-state index is 11.9. The minimum atomic E-state index is 0. The molecule has 0 unspecified atom stereocenters. The highest BCUT2D eigenvalue weighted by Crippen LogP contribution is 2.09. The fraction of sp³-hybridized carbons (Fsp3) is 0.364. The van der Waals surface area contributed by atoms with Gasteiger partial charge in [-0.05, 0) is 31.4 Å². The van der Waals surface area contributed by atoms with Crippen molar-refractivity contribution in [3.63, 3.8) is 0 Å². The van der Waals surface area contributed by atoms with Crippen LogP contribution in [0.1, 0.15) is 22.3 Å². The third-order valence-electron chi connectivity index (χ3n) is 4.16. The van der Waals surface area contributed by atoms with Crippen molar-refractivity contribution in [2.75, 3.05) is 27.2 Å². The Balaban J connectivity index is 0.00000392. The molecule has 0 bridgehead atoms. The SMILES string of the molecule is Cc1cc(C)cc(CCNC(=NCc2ccccc2)NCC(=O)N(C)C)c1.I. The predicted molar refractivity (Wildman–Crippen MR) is 127 cm³/mol. The molecule has 0 spiro atoms. The van der Waals surface area contributed by atoms with Gasteiger partial charge in [-0.25, -0.2) is 4.99 Å². The molecule has 5 nitrogen and oxygen atoms in total. The summed E-state index contributed by atoms with van der Waals surface area (Å²) in [6.45, 7) is 5.77. The van der Waals surface area contributed by atoms with E-state index in [2.05, 4.69) is 47.7 Å².